The molecule has 1 saturated heterocycles. The maximum atomic E-state index is 12.8. The Hall–Kier alpha value is -2.68. The summed E-state index contributed by atoms with van der Waals surface area (Å²) in [6, 6.07) is 6.50. The molecule has 0 aliphatic carbocycles. The van der Waals surface area contributed by atoms with Gasteiger partial charge in [-0.05, 0) is 32.8 Å². The Balaban J connectivity index is 1.65. The molecule has 0 saturated carbocycles. The first kappa shape index (κ1) is 22.0. The number of carbonyl (C=O) groups excluding carboxylic acids is 3. The molecule has 2 heterocycles. The second kappa shape index (κ2) is 8.59. The highest BCUT2D eigenvalue weighted by molar-refractivity contribution is 7.91. The zero-order valence-electron chi connectivity index (χ0n) is 17.3. The van der Waals surface area contributed by atoms with Gasteiger partial charge in [-0.25, -0.2) is 8.42 Å². The van der Waals surface area contributed by atoms with Crippen LogP contribution in [0.2, 0.25) is 0 Å². The smallest absolute Gasteiger partial charge is 0.287 e. The molecule has 0 bridgehead atoms. The summed E-state index contributed by atoms with van der Waals surface area (Å²) >= 11 is 0. The van der Waals surface area contributed by atoms with Crippen LogP contribution < -0.4 is 5.32 Å². The number of hydrogen-bond acceptors (Lipinski definition) is 6. The number of likely N-dealkylation sites (tertiary alicyclic amines) is 1. The highest BCUT2D eigenvalue weighted by Gasteiger charge is 2.32. The van der Waals surface area contributed by atoms with E-state index in [2.05, 4.69) is 5.32 Å². The summed E-state index contributed by atoms with van der Waals surface area (Å²) in [5.74, 6) is -2.02. The summed E-state index contributed by atoms with van der Waals surface area (Å²) in [7, 11) is -3.41. The van der Waals surface area contributed by atoms with E-state index in [1.165, 1.54) is 4.90 Å². The minimum atomic E-state index is -3.41. The van der Waals surface area contributed by atoms with Crippen LogP contribution in [0, 0.1) is 12.8 Å². The van der Waals surface area contributed by atoms with Gasteiger partial charge in [0.05, 0.1) is 0 Å². The van der Waals surface area contributed by atoms with Gasteiger partial charge in [0.1, 0.15) is 17.4 Å². The first-order chi connectivity index (χ1) is 14.1. The minimum absolute atomic E-state index is 0.163. The fourth-order valence-corrected chi connectivity index (χ4v) is 4.56. The predicted octanol–water partition coefficient (Wildman–Crippen LogP) is 1.71. The normalized spacial score (nSPS) is 18.2. The molecule has 1 aliphatic rings. The molecule has 9 heteroatoms. The van der Waals surface area contributed by atoms with Crippen LogP contribution in [0.4, 0.5) is 0 Å². The van der Waals surface area contributed by atoms with E-state index in [1.54, 1.807) is 19.9 Å². The number of fused-ring (bicyclic) bond motifs is 1. The van der Waals surface area contributed by atoms with Crippen LogP contribution in [-0.2, 0) is 19.4 Å². The van der Waals surface area contributed by atoms with Gasteiger partial charge in [0.15, 0.2) is 21.4 Å². The predicted molar refractivity (Wildman–Crippen MR) is 112 cm³/mol. The van der Waals surface area contributed by atoms with Crippen LogP contribution in [0.25, 0.3) is 11.0 Å². The number of rotatable bonds is 6. The van der Waals surface area contributed by atoms with Crippen LogP contribution in [0.15, 0.2) is 28.7 Å². The molecule has 0 spiro atoms. The Labute approximate surface area is 175 Å². The second-order valence-corrected chi connectivity index (χ2v) is 10.0. The van der Waals surface area contributed by atoms with Crippen LogP contribution in [-0.4, -0.2) is 62.1 Å². The van der Waals surface area contributed by atoms with E-state index in [0.29, 0.717) is 30.5 Å². The Morgan fingerprint density at radius 2 is 1.97 bits per heavy atom. The van der Waals surface area contributed by atoms with Crippen molar-refractivity contribution >= 4 is 38.4 Å². The number of carbonyl (C=O) groups is 3. The van der Waals surface area contributed by atoms with Crippen molar-refractivity contribution in [3.8, 4) is 0 Å². The van der Waals surface area contributed by atoms with E-state index in [0.717, 1.165) is 11.6 Å². The number of furan rings is 1. The molecule has 1 aliphatic heterocycles. The van der Waals surface area contributed by atoms with E-state index in [1.807, 2.05) is 18.2 Å². The summed E-state index contributed by atoms with van der Waals surface area (Å²) in [4.78, 5) is 39.2. The number of hydrogen-bond donors (Lipinski definition) is 1. The minimum Gasteiger partial charge on any atom is -0.451 e. The fraction of sp³-hybridized carbons (Fsp3) is 0.476. The highest BCUT2D eigenvalue weighted by Crippen LogP contribution is 2.25. The molecule has 3 rings (SSSR count). The van der Waals surface area contributed by atoms with Crippen LogP contribution >= 0.6 is 0 Å². The van der Waals surface area contributed by atoms with Gasteiger partial charge in [-0.1, -0.05) is 18.2 Å². The second-order valence-electron chi connectivity index (χ2n) is 7.91. The number of amides is 2. The standard InChI is InChI=1S/C21H26N2O6S/c1-13-16-8-4-5-9-18(16)29-19(13)20(25)22-14(2)21(26)23-10-6-7-15(11-23)17(24)12-30(3,27)28/h4-5,8-9,14-15H,6-7,10-12H2,1-3H3,(H,22,25)/t14-,15?/m1/s1. The Morgan fingerprint density at radius 1 is 1.27 bits per heavy atom. The first-order valence-corrected chi connectivity index (χ1v) is 11.9. The summed E-state index contributed by atoms with van der Waals surface area (Å²) in [5, 5.41) is 3.51. The average molecular weight is 435 g/mol. The quantitative estimate of drug-likeness (QED) is 0.740. The van der Waals surface area contributed by atoms with E-state index in [-0.39, 0.29) is 24.0 Å². The maximum Gasteiger partial charge on any atom is 0.287 e. The number of aryl methyl sites for hydroxylation is 1. The lowest BCUT2D eigenvalue weighted by Gasteiger charge is -2.33. The van der Waals surface area contributed by atoms with Crippen molar-refractivity contribution in [3.63, 3.8) is 0 Å². The summed E-state index contributed by atoms with van der Waals surface area (Å²) in [6.07, 6.45) is 2.18. The lowest BCUT2D eigenvalue weighted by atomic mass is 9.94. The van der Waals surface area contributed by atoms with E-state index in [9.17, 15) is 22.8 Å². The third-order valence-electron chi connectivity index (χ3n) is 5.36. The van der Waals surface area contributed by atoms with Crippen molar-refractivity contribution in [2.24, 2.45) is 5.92 Å². The van der Waals surface area contributed by atoms with Crippen LogP contribution in [0.3, 0.4) is 0 Å². The Kier molecular flexibility index (Phi) is 6.30. The largest absolute Gasteiger partial charge is 0.451 e. The first-order valence-electron chi connectivity index (χ1n) is 9.85. The molecular weight excluding hydrogens is 408 g/mol. The molecule has 8 nitrogen and oxygen atoms in total. The average Bonchev–Trinajstić information content (AvgIpc) is 3.03. The fourth-order valence-electron chi connectivity index (χ4n) is 3.81. The van der Waals surface area contributed by atoms with Gasteiger partial charge >= 0.3 is 0 Å². The summed E-state index contributed by atoms with van der Waals surface area (Å²) in [5.41, 5.74) is 1.30. The molecule has 2 aromatic rings. The Bertz CT molecular complexity index is 1090. The van der Waals surface area contributed by atoms with Crippen molar-refractivity contribution in [1.29, 1.82) is 0 Å². The van der Waals surface area contributed by atoms with Crippen molar-refractivity contribution in [1.82, 2.24) is 10.2 Å². The van der Waals surface area contributed by atoms with E-state index >= 15 is 0 Å². The SMILES string of the molecule is Cc1c(C(=O)N[C@H](C)C(=O)N2CCCC(C(=O)CS(C)(=O)=O)C2)oc2ccccc12. The number of sulfone groups is 1. The van der Waals surface area contributed by atoms with Crippen molar-refractivity contribution in [2.75, 3.05) is 25.1 Å². The number of nitrogens with one attached hydrogen (secondary N) is 1. The molecule has 2 atom stereocenters. The van der Waals surface area contributed by atoms with Gasteiger partial charge in [-0.15, -0.1) is 0 Å². The molecular formula is C21H26N2O6S. The number of benzene rings is 1. The highest BCUT2D eigenvalue weighted by atomic mass is 32.2. The molecule has 30 heavy (non-hydrogen) atoms. The van der Waals surface area contributed by atoms with Gasteiger partial charge in [-0.3, -0.25) is 14.4 Å². The number of piperidine rings is 1. The van der Waals surface area contributed by atoms with Gasteiger partial charge in [0, 0.05) is 36.2 Å². The topological polar surface area (TPSA) is 114 Å². The molecule has 1 unspecified atom stereocenters. The van der Waals surface area contributed by atoms with Crippen molar-refractivity contribution in [2.45, 2.75) is 32.7 Å². The lowest BCUT2D eigenvalue weighted by molar-refractivity contribution is -0.136. The maximum absolute atomic E-state index is 12.8. The zero-order valence-corrected chi connectivity index (χ0v) is 18.1. The number of para-hydroxylation sites is 1. The van der Waals surface area contributed by atoms with Gasteiger partial charge in [-0.2, -0.15) is 0 Å². The molecule has 1 N–H and O–H groups in total. The summed E-state index contributed by atoms with van der Waals surface area (Å²) in [6.45, 7) is 4.00. The summed E-state index contributed by atoms with van der Waals surface area (Å²) < 4.78 is 28.4. The van der Waals surface area contributed by atoms with Crippen LogP contribution in [0.1, 0.15) is 35.9 Å². The zero-order chi connectivity index (χ0) is 22.1. The molecule has 0 radical (unpaired) electrons. The Morgan fingerprint density at radius 3 is 2.63 bits per heavy atom. The third kappa shape index (κ3) is 4.89. The van der Waals surface area contributed by atoms with Gasteiger partial charge < -0.3 is 14.6 Å². The molecule has 2 amide bonds. The molecule has 1 aromatic carbocycles. The number of Topliss-reactive ketones (excluding diaryl/α,β-unsaturated/α-hetero) is 1. The molecule has 1 aromatic heterocycles. The monoisotopic (exact) mass is 434 g/mol. The van der Waals surface area contributed by atoms with Gasteiger partial charge in [0.2, 0.25) is 5.91 Å². The third-order valence-corrected chi connectivity index (χ3v) is 6.17. The van der Waals surface area contributed by atoms with E-state index in [4.69, 9.17) is 4.42 Å². The van der Waals surface area contributed by atoms with Crippen LogP contribution in [0.5, 0.6) is 0 Å². The lowest BCUT2D eigenvalue weighted by Crippen LogP contribution is -2.51. The van der Waals surface area contributed by atoms with Crippen molar-refractivity contribution in [3.05, 3.63) is 35.6 Å². The molecule has 1 fully saturated rings. The number of ketones is 1. The van der Waals surface area contributed by atoms with E-state index < -0.39 is 33.5 Å². The van der Waals surface area contributed by atoms with Crippen molar-refractivity contribution < 1.29 is 27.2 Å². The molecule has 162 valence electrons. The van der Waals surface area contributed by atoms with Gasteiger partial charge in [0.25, 0.3) is 5.91 Å². The number of nitrogens with zero attached hydrogens (tertiary/aromatic N) is 1.